The molecular weight excluding hydrogens is 398 g/mol. The lowest BCUT2D eigenvalue weighted by molar-refractivity contribution is -0.136. The third kappa shape index (κ3) is 3.45. The van der Waals surface area contributed by atoms with Gasteiger partial charge in [-0.3, -0.25) is 9.69 Å². The van der Waals surface area contributed by atoms with Crippen molar-refractivity contribution >= 4 is 16.8 Å². The summed E-state index contributed by atoms with van der Waals surface area (Å²) in [5, 5.41) is 1.16. The van der Waals surface area contributed by atoms with Crippen LogP contribution in [0, 0.1) is 11.8 Å². The summed E-state index contributed by atoms with van der Waals surface area (Å²) in [5.41, 5.74) is 2.75. The van der Waals surface area contributed by atoms with Crippen LogP contribution in [0.4, 0.5) is 0 Å². The molecule has 1 aromatic heterocycles. The lowest BCUT2D eigenvalue weighted by Gasteiger charge is -2.54. The molecule has 1 amide bonds. The zero-order valence-electron chi connectivity index (χ0n) is 19.2. The second-order valence-corrected chi connectivity index (χ2v) is 10.3. The summed E-state index contributed by atoms with van der Waals surface area (Å²) >= 11 is 0. The van der Waals surface area contributed by atoms with Crippen LogP contribution in [0.5, 0.6) is 5.75 Å². The molecule has 0 saturated carbocycles. The average molecular weight is 434 g/mol. The molecule has 1 aliphatic carbocycles. The fourth-order valence-electron chi connectivity index (χ4n) is 7.11. The molecular formula is C27H35N3O2. The highest BCUT2D eigenvalue weighted by Crippen LogP contribution is 2.45. The zero-order valence-corrected chi connectivity index (χ0v) is 19.2. The van der Waals surface area contributed by atoms with Crippen LogP contribution in [0.3, 0.4) is 0 Å². The van der Waals surface area contributed by atoms with Crippen LogP contribution in [0.15, 0.2) is 42.1 Å². The normalized spacial score (nSPS) is 29.9. The summed E-state index contributed by atoms with van der Waals surface area (Å²) in [6.07, 6.45) is 13.0. The Morgan fingerprint density at radius 3 is 3.00 bits per heavy atom. The third-order valence-corrected chi connectivity index (χ3v) is 8.52. The van der Waals surface area contributed by atoms with Gasteiger partial charge in [0.05, 0.1) is 13.2 Å². The van der Waals surface area contributed by atoms with E-state index in [-0.39, 0.29) is 0 Å². The molecule has 170 valence electrons. The number of piperidine rings is 3. The van der Waals surface area contributed by atoms with Gasteiger partial charge in [-0.15, -0.1) is 0 Å². The minimum atomic E-state index is 0.329. The van der Waals surface area contributed by atoms with Crippen molar-refractivity contribution in [3.63, 3.8) is 0 Å². The molecule has 0 spiro atoms. The smallest absolute Gasteiger partial charge is 0.224 e. The number of benzene rings is 1. The zero-order chi connectivity index (χ0) is 21.7. The number of methoxy groups -OCH3 is 1. The van der Waals surface area contributed by atoms with Crippen molar-refractivity contribution in [2.75, 3.05) is 26.7 Å². The largest absolute Gasteiger partial charge is 0.497 e. The summed E-state index contributed by atoms with van der Waals surface area (Å²) in [6.45, 7) is 4.11. The predicted molar refractivity (Wildman–Crippen MR) is 127 cm³/mol. The molecule has 3 aliphatic heterocycles. The van der Waals surface area contributed by atoms with Crippen molar-refractivity contribution < 1.29 is 9.53 Å². The van der Waals surface area contributed by atoms with Gasteiger partial charge < -0.3 is 14.2 Å². The topological polar surface area (TPSA) is 37.7 Å². The molecule has 4 heterocycles. The maximum atomic E-state index is 13.5. The fraction of sp³-hybridized carbons (Fsp3) is 0.593. The second kappa shape index (κ2) is 8.26. The Hall–Kier alpha value is -2.27. The van der Waals surface area contributed by atoms with Crippen LogP contribution in [-0.2, 0) is 11.3 Å². The van der Waals surface area contributed by atoms with E-state index in [2.05, 4.69) is 44.8 Å². The summed E-state index contributed by atoms with van der Waals surface area (Å²) in [7, 11) is 1.70. The average Bonchev–Trinajstić information content (AvgIpc) is 3.24. The van der Waals surface area contributed by atoms with E-state index in [1.54, 1.807) is 12.7 Å². The van der Waals surface area contributed by atoms with Crippen LogP contribution in [0.1, 0.15) is 44.9 Å². The minimum absolute atomic E-state index is 0.329. The van der Waals surface area contributed by atoms with E-state index in [0.717, 1.165) is 42.6 Å². The van der Waals surface area contributed by atoms with Gasteiger partial charge in [-0.1, -0.05) is 18.1 Å². The summed E-state index contributed by atoms with van der Waals surface area (Å²) in [5.74, 6) is 2.55. The number of aromatic nitrogens is 1. The molecule has 0 N–H and O–H groups in total. The van der Waals surface area contributed by atoms with Crippen molar-refractivity contribution in [3.8, 4) is 5.75 Å². The Morgan fingerprint density at radius 1 is 1.16 bits per heavy atom. The van der Waals surface area contributed by atoms with Gasteiger partial charge in [-0.2, -0.15) is 0 Å². The highest BCUT2D eigenvalue weighted by Gasteiger charge is 2.46. The van der Waals surface area contributed by atoms with Gasteiger partial charge in [0.1, 0.15) is 5.75 Å². The van der Waals surface area contributed by atoms with Crippen LogP contribution >= 0.6 is 0 Å². The van der Waals surface area contributed by atoms with E-state index in [1.807, 2.05) is 6.07 Å². The van der Waals surface area contributed by atoms with E-state index in [1.165, 1.54) is 50.7 Å². The van der Waals surface area contributed by atoms with Gasteiger partial charge >= 0.3 is 0 Å². The number of hydrogen-bond acceptors (Lipinski definition) is 3. The first-order valence-corrected chi connectivity index (χ1v) is 12.6. The second-order valence-electron chi connectivity index (χ2n) is 10.3. The molecule has 6 rings (SSSR count). The fourth-order valence-corrected chi connectivity index (χ4v) is 7.11. The first-order valence-electron chi connectivity index (χ1n) is 12.6. The van der Waals surface area contributed by atoms with E-state index in [4.69, 9.17) is 4.74 Å². The standard InChI is InChI=1S/C27H35N3O2/c1-32-23-7-8-25-19(17-23)9-13-28(25)14-10-26(31)30-12-4-5-20-15-21-16-22(27(20)30)18-29-11-3-2-6-24(21)29/h7-9,13,15,17,21-22,24,27H,2-6,10-12,14,16,18H2,1H3. The Kier molecular flexibility index (Phi) is 5.25. The highest BCUT2D eigenvalue weighted by atomic mass is 16.5. The molecule has 4 unspecified atom stereocenters. The van der Waals surface area contributed by atoms with Crippen molar-refractivity contribution in [1.82, 2.24) is 14.4 Å². The van der Waals surface area contributed by atoms with E-state index >= 15 is 0 Å². The Balaban J connectivity index is 1.18. The number of hydrogen-bond donors (Lipinski definition) is 0. The summed E-state index contributed by atoms with van der Waals surface area (Å²) < 4.78 is 7.56. The third-order valence-electron chi connectivity index (χ3n) is 8.52. The summed E-state index contributed by atoms with van der Waals surface area (Å²) in [4.78, 5) is 18.5. The van der Waals surface area contributed by atoms with Crippen molar-refractivity contribution in [2.45, 2.75) is 63.6 Å². The predicted octanol–water partition coefficient (Wildman–Crippen LogP) is 4.46. The van der Waals surface area contributed by atoms with Gasteiger partial charge in [-0.05, 0) is 74.8 Å². The number of carbonyl (C=O) groups excluding carboxylic acids is 1. The molecule has 2 bridgehead atoms. The lowest BCUT2D eigenvalue weighted by atomic mass is 9.68. The minimum Gasteiger partial charge on any atom is -0.497 e. The lowest BCUT2D eigenvalue weighted by Crippen LogP contribution is -2.60. The van der Waals surface area contributed by atoms with Crippen LogP contribution < -0.4 is 4.74 Å². The maximum absolute atomic E-state index is 13.5. The molecule has 2 aromatic rings. The molecule has 3 saturated heterocycles. The molecule has 5 heteroatoms. The van der Waals surface area contributed by atoms with Gasteiger partial charge in [-0.25, -0.2) is 0 Å². The first kappa shape index (κ1) is 20.3. The number of nitrogens with zero attached hydrogens (tertiary/aromatic N) is 3. The van der Waals surface area contributed by atoms with Gasteiger partial charge in [0.25, 0.3) is 0 Å². The molecule has 4 aliphatic rings. The molecule has 1 aromatic carbocycles. The van der Waals surface area contributed by atoms with Crippen molar-refractivity contribution in [1.29, 1.82) is 0 Å². The molecule has 0 radical (unpaired) electrons. The van der Waals surface area contributed by atoms with Crippen molar-refractivity contribution in [2.24, 2.45) is 11.8 Å². The SMILES string of the molecule is COc1ccc2c(ccn2CCC(=O)N2CCCC3=CC4CC(CN5CCCCC45)C32)c1. The molecule has 3 fully saturated rings. The highest BCUT2D eigenvalue weighted by molar-refractivity contribution is 5.82. The van der Waals surface area contributed by atoms with E-state index < -0.39 is 0 Å². The number of amides is 1. The number of aryl methyl sites for hydroxylation is 1. The van der Waals surface area contributed by atoms with Crippen LogP contribution in [-0.4, -0.2) is 59.1 Å². The van der Waals surface area contributed by atoms with Crippen LogP contribution in [0.2, 0.25) is 0 Å². The number of rotatable bonds is 4. The van der Waals surface area contributed by atoms with E-state index in [0.29, 0.717) is 24.3 Å². The quantitative estimate of drug-likeness (QED) is 0.668. The van der Waals surface area contributed by atoms with Gasteiger partial charge in [0.15, 0.2) is 0 Å². The Labute approximate surface area is 191 Å². The van der Waals surface area contributed by atoms with Gasteiger partial charge in [0, 0.05) is 49.2 Å². The molecule has 5 nitrogen and oxygen atoms in total. The number of carbonyl (C=O) groups is 1. The van der Waals surface area contributed by atoms with Crippen molar-refractivity contribution in [3.05, 3.63) is 42.1 Å². The first-order chi connectivity index (χ1) is 15.7. The number of fused-ring (bicyclic) bond motifs is 7. The van der Waals surface area contributed by atoms with Crippen LogP contribution in [0.25, 0.3) is 10.9 Å². The summed E-state index contributed by atoms with van der Waals surface area (Å²) in [6, 6.07) is 9.38. The number of ether oxygens (including phenoxy) is 1. The molecule has 32 heavy (non-hydrogen) atoms. The maximum Gasteiger partial charge on any atom is 0.224 e. The van der Waals surface area contributed by atoms with E-state index in [9.17, 15) is 4.79 Å². The van der Waals surface area contributed by atoms with Gasteiger partial charge in [0.2, 0.25) is 5.91 Å². The number of likely N-dealkylation sites (tertiary alicyclic amines) is 1. The Bertz CT molecular complexity index is 1040. The molecule has 4 atom stereocenters. The monoisotopic (exact) mass is 433 g/mol. The Morgan fingerprint density at radius 2 is 2.09 bits per heavy atom.